The maximum Gasteiger partial charge on any atom is 0.243 e. The molecule has 0 saturated carbocycles. The smallest absolute Gasteiger partial charge is 0.243 e. The van der Waals surface area contributed by atoms with E-state index in [1.54, 1.807) is 12.1 Å². The number of hydrogen-bond acceptors (Lipinski definition) is 7. The van der Waals surface area contributed by atoms with Crippen molar-refractivity contribution in [3.05, 3.63) is 42.5 Å². The van der Waals surface area contributed by atoms with Gasteiger partial charge in [-0.1, -0.05) is 12.1 Å². The lowest BCUT2D eigenvalue weighted by Gasteiger charge is -2.31. The van der Waals surface area contributed by atoms with E-state index >= 15 is 0 Å². The number of piperidine rings is 1. The number of hydrogen-bond donors (Lipinski definition) is 1. The highest BCUT2D eigenvalue weighted by Gasteiger charge is 2.33. The third-order valence-corrected chi connectivity index (χ3v) is 8.15. The summed E-state index contributed by atoms with van der Waals surface area (Å²) in [4.78, 5) is 12.9. The summed E-state index contributed by atoms with van der Waals surface area (Å²) in [6, 6.07) is 12.2. The highest BCUT2D eigenvalue weighted by atomic mass is 32.2. The van der Waals surface area contributed by atoms with Gasteiger partial charge in [0.05, 0.1) is 24.7 Å². The minimum absolute atomic E-state index is 0.0879. The van der Waals surface area contributed by atoms with Crippen LogP contribution in [0.15, 0.2) is 47.4 Å². The van der Waals surface area contributed by atoms with Gasteiger partial charge in [-0.15, -0.1) is 0 Å². The maximum atomic E-state index is 13.2. The number of amides is 1. The Labute approximate surface area is 199 Å². The summed E-state index contributed by atoms with van der Waals surface area (Å²) in [6.07, 6.45) is 1.40. The molecule has 0 aromatic heterocycles. The van der Waals surface area contributed by atoms with Crippen molar-refractivity contribution in [3.8, 4) is 23.0 Å². The van der Waals surface area contributed by atoms with Gasteiger partial charge in [0.2, 0.25) is 15.9 Å². The number of fused-ring (bicyclic) bond motifs is 2. The Balaban J connectivity index is 1.14. The summed E-state index contributed by atoms with van der Waals surface area (Å²) < 4.78 is 50.6. The van der Waals surface area contributed by atoms with Gasteiger partial charge in [-0.25, -0.2) is 8.42 Å². The van der Waals surface area contributed by atoms with Crippen LogP contribution in [0.2, 0.25) is 0 Å². The summed E-state index contributed by atoms with van der Waals surface area (Å²) in [5.74, 6) is 2.04. The molecular weight excluding hydrogens is 460 g/mol. The van der Waals surface area contributed by atoms with Gasteiger partial charge in [-0.2, -0.15) is 4.31 Å². The van der Waals surface area contributed by atoms with Crippen LogP contribution in [-0.2, 0) is 14.8 Å². The van der Waals surface area contributed by atoms with E-state index < -0.39 is 10.0 Å². The van der Waals surface area contributed by atoms with Crippen molar-refractivity contribution < 1.29 is 32.2 Å². The van der Waals surface area contributed by atoms with Crippen LogP contribution in [-0.4, -0.2) is 64.2 Å². The molecule has 1 N–H and O–H groups in total. The molecule has 0 spiro atoms. The molecule has 1 atom stereocenters. The van der Waals surface area contributed by atoms with E-state index in [-0.39, 0.29) is 35.9 Å². The lowest BCUT2D eigenvalue weighted by Crippen LogP contribution is -2.46. The lowest BCUT2D eigenvalue weighted by molar-refractivity contribution is -0.126. The summed E-state index contributed by atoms with van der Waals surface area (Å²) in [5, 5.41) is 2.94. The first-order valence-corrected chi connectivity index (χ1v) is 13.0. The molecule has 34 heavy (non-hydrogen) atoms. The Hall–Kier alpha value is -2.98. The Bertz CT molecular complexity index is 1150. The second-order valence-electron chi connectivity index (χ2n) is 8.58. The average molecular weight is 489 g/mol. The van der Waals surface area contributed by atoms with E-state index in [0.717, 1.165) is 6.42 Å². The summed E-state index contributed by atoms with van der Waals surface area (Å²) in [7, 11) is -3.68. The van der Waals surface area contributed by atoms with Crippen molar-refractivity contribution in [3.63, 3.8) is 0 Å². The first-order valence-electron chi connectivity index (χ1n) is 11.6. The minimum atomic E-state index is -3.68. The van der Waals surface area contributed by atoms with Crippen molar-refractivity contribution in [2.75, 3.05) is 39.5 Å². The van der Waals surface area contributed by atoms with Crippen molar-refractivity contribution in [2.24, 2.45) is 5.92 Å². The van der Waals surface area contributed by atoms with E-state index in [1.807, 2.05) is 24.3 Å². The van der Waals surface area contributed by atoms with Gasteiger partial charge in [0, 0.05) is 31.5 Å². The maximum absolute atomic E-state index is 13.2. The van der Waals surface area contributed by atoms with Crippen LogP contribution in [0.1, 0.15) is 19.3 Å². The first kappa shape index (κ1) is 22.8. The van der Waals surface area contributed by atoms with Crippen LogP contribution in [0.5, 0.6) is 23.0 Å². The highest BCUT2D eigenvalue weighted by molar-refractivity contribution is 7.89. The quantitative estimate of drug-likeness (QED) is 0.688. The number of para-hydroxylation sites is 2. The van der Waals surface area contributed by atoms with Crippen molar-refractivity contribution in [2.45, 2.75) is 30.3 Å². The predicted octanol–water partition coefficient (Wildman–Crippen LogP) is 2.20. The predicted molar refractivity (Wildman–Crippen MR) is 123 cm³/mol. The number of nitrogens with one attached hydrogen (secondary N) is 1. The molecule has 1 fully saturated rings. The number of carbonyl (C=O) groups is 1. The van der Waals surface area contributed by atoms with Crippen LogP contribution in [0, 0.1) is 5.92 Å². The largest absolute Gasteiger partial charge is 0.490 e. The zero-order valence-electron chi connectivity index (χ0n) is 18.8. The molecular formula is C24H28N2O7S. The second-order valence-corrected chi connectivity index (χ2v) is 10.5. The molecule has 5 rings (SSSR count). The Morgan fingerprint density at radius 3 is 2.44 bits per heavy atom. The summed E-state index contributed by atoms with van der Waals surface area (Å²) in [5.41, 5.74) is 0. The van der Waals surface area contributed by atoms with E-state index in [4.69, 9.17) is 18.9 Å². The van der Waals surface area contributed by atoms with Crippen molar-refractivity contribution >= 4 is 15.9 Å². The fourth-order valence-electron chi connectivity index (χ4n) is 4.33. The van der Waals surface area contributed by atoms with Crippen molar-refractivity contribution in [1.82, 2.24) is 9.62 Å². The summed E-state index contributed by atoms with van der Waals surface area (Å²) in [6.45, 7) is 2.30. The molecule has 3 aliphatic heterocycles. The van der Waals surface area contributed by atoms with Crippen LogP contribution in [0.3, 0.4) is 0 Å². The number of nitrogens with zero attached hydrogens (tertiary/aromatic N) is 1. The normalized spacial score (nSPS) is 20.9. The zero-order valence-corrected chi connectivity index (χ0v) is 19.6. The fourth-order valence-corrected chi connectivity index (χ4v) is 5.82. The molecule has 0 aliphatic carbocycles. The molecule has 0 bridgehead atoms. The van der Waals surface area contributed by atoms with Crippen molar-refractivity contribution in [1.29, 1.82) is 0 Å². The molecule has 10 heteroatoms. The van der Waals surface area contributed by atoms with E-state index in [2.05, 4.69) is 5.32 Å². The standard InChI is InChI=1S/C24H28N2O7S/c27-24(25-15-18-16-32-20-4-1-2-5-22(20)33-18)17-8-10-26(11-9-17)34(28,29)19-6-7-21-23(14-19)31-13-3-12-30-21/h1-2,4-7,14,17-18H,3,8-13,15-16H2,(H,25,27)/t18-/m1/s1. The molecule has 2 aromatic rings. The molecule has 2 aromatic carbocycles. The van der Waals surface area contributed by atoms with Crippen LogP contribution >= 0.6 is 0 Å². The van der Waals surface area contributed by atoms with E-state index in [9.17, 15) is 13.2 Å². The SMILES string of the molecule is O=C(NC[C@@H]1COc2ccccc2O1)C1CCN(S(=O)(=O)c2ccc3c(c2)OCCCO3)CC1. The third kappa shape index (κ3) is 4.78. The first-order chi connectivity index (χ1) is 16.5. The fraction of sp³-hybridized carbons (Fsp3) is 0.458. The Kier molecular flexibility index (Phi) is 6.51. The van der Waals surface area contributed by atoms with Gasteiger partial charge in [-0.3, -0.25) is 4.79 Å². The van der Waals surface area contributed by atoms with Gasteiger partial charge < -0.3 is 24.3 Å². The van der Waals surface area contributed by atoms with Crippen LogP contribution in [0.4, 0.5) is 0 Å². The van der Waals surface area contributed by atoms with Crippen LogP contribution < -0.4 is 24.3 Å². The topological polar surface area (TPSA) is 103 Å². The molecule has 0 radical (unpaired) electrons. The summed E-state index contributed by atoms with van der Waals surface area (Å²) >= 11 is 0. The number of sulfonamides is 1. The zero-order chi connectivity index (χ0) is 23.5. The molecule has 3 heterocycles. The number of ether oxygens (including phenoxy) is 4. The highest BCUT2D eigenvalue weighted by Crippen LogP contribution is 2.34. The molecule has 9 nitrogen and oxygen atoms in total. The van der Waals surface area contributed by atoms with E-state index in [1.165, 1.54) is 10.4 Å². The molecule has 1 amide bonds. The Morgan fingerprint density at radius 2 is 1.65 bits per heavy atom. The van der Waals surface area contributed by atoms with Crippen LogP contribution in [0.25, 0.3) is 0 Å². The molecule has 3 aliphatic rings. The van der Waals surface area contributed by atoms with Gasteiger partial charge >= 0.3 is 0 Å². The second kappa shape index (κ2) is 9.71. The lowest BCUT2D eigenvalue weighted by atomic mass is 9.97. The molecule has 182 valence electrons. The van der Waals surface area contributed by atoms with Gasteiger partial charge in [0.15, 0.2) is 23.0 Å². The number of benzene rings is 2. The molecule has 1 saturated heterocycles. The van der Waals surface area contributed by atoms with Gasteiger partial charge in [0.25, 0.3) is 0 Å². The number of rotatable bonds is 5. The van der Waals surface area contributed by atoms with Gasteiger partial charge in [0.1, 0.15) is 12.7 Å². The third-order valence-electron chi connectivity index (χ3n) is 6.25. The Morgan fingerprint density at radius 1 is 0.941 bits per heavy atom. The minimum Gasteiger partial charge on any atom is -0.490 e. The number of carbonyl (C=O) groups excluding carboxylic acids is 1. The van der Waals surface area contributed by atoms with Gasteiger partial charge in [-0.05, 0) is 37.1 Å². The monoisotopic (exact) mass is 488 g/mol. The van der Waals surface area contributed by atoms with E-state index in [0.29, 0.717) is 62.2 Å². The molecule has 0 unspecified atom stereocenters. The average Bonchev–Trinajstić information content (AvgIpc) is 3.12.